The fourth-order valence-electron chi connectivity index (χ4n) is 4.52. The first-order valence-electron chi connectivity index (χ1n) is 11.7. The van der Waals surface area contributed by atoms with Crippen LogP contribution < -0.4 is 0 Å². The Labute approximate surface area is 196 Å². The number of hydrogen-bond donors (Lipinski definition) is 0. The lowest BCUT2D eigenvalue weighted by Gasteiger charge is -2.29. The second-order valence-electron chi connectivity index (χ2n) is 8.49. The maximum absolute atomic E-state index is 6.03. The standard InChI is InChI=1S/C31H29NO/c1-3-11-25(12-4-1)23-32-21-22-33-28(24-32)20-19-27-15-7-8-16-30(27)31-18-10-9-17-29(31)26-13-5-2-6-14-26/h1-18,20H,19,21-24H2/b28-20-. The van der Waals surface area contributed by atoms with Gasteiger partial charge in [0.25, 0.3) is 0 Å². The third kappa shape index (κ3) is 5.24. The maximum atomic E-state index is 6.03. The third-order valence-corrected chi connectivity index (χ3v) is 6.19. The summed E-state index contributed by atoms with van der Waals surface area (Å²) in [5, 5.41) is 0. The van der Waals surface area contributed by atoms with Gasteiger partial charge in [-0.25, -0.2) is 0 Å². The van der Waals surface area contributed by atoms with E-state index in [2.05, 4.69) is 120 Å². The summed E-state index contributed by atoms with van der Waals surface area (Å²) in [7, 11) is 0. The Balaban J connectivity index is 1.37. The van der Waals surface area contributed by atoms with Gasteiger partial charge in [-0.05, 0) is 45.9 Å². The molecule has 0 saturated carbocycles. The number of rotatable bonds is 6. The Morgan fingerprint density at radius 3 is 2.09 bits per heavy atom. The molecule has 0 unspecified atom stereocenters. The van der Waals surface area contributed by atoms with Crippen molar-refractivity contribution in [2.75, 3.05) is 19.7 Å². The highest BCUT2D eigenvalue weighted by atomic mass is 16.5. The van der Waals surface area contributed by atoms with Gasteiger partial charge in [-0.3, -0.25) is 4.90 Å². The van der Waals surface area contributed by atoms with Crippen LogP contribution in [0.2, 0.25) is 0 Å². The average molecular weight is 432 g/mol. The van der Waals surface area contributed by atoms with Gasteiger partial charge < -0.3 is 4.74 Å². The molecule has 0 aliphatic carbocycles. The largest absolute Gasteiger partial charge is 0.496 e. The average Bonchev–Trinajstić information content (AvgIpc) is 2.89. The number of hydrogen-bond acceptors (Lipinski definition) is 2. The quantitative estimate of drug-likeness (QED) is 0.326. The van der Waals surface area contributed by atoms with Crippen LogP contribution in [0.4, 0.5) is 0 Å². The summed E-state index contributed by atoms with van der Waals surface area (Å²) in [5.41, 5.74) is 7.73. The monoisotopic (exact) mass is 431 g/mol. The molecular formula is C31H29NO. The summed E-state index contributed by atoms with van der Waals surface area (Å²) < 4.78 is 6.03. The molecule has 0 spiro atoms. The topological polar surface area (TPSA) is 12.5 Å². The van der Waals surface area contributed by atoms with Gasteiger partial charge in [0.05, 0.1) is 6.54 Å². The van der Waals surface area contributed by atoms with Crippen LogP contribution >= 0.6 is 0 Å². The summed E-state index contributed by atoms with van der Waals surface area (Å²) in [6.45, 7) is 3.53. The first kappa shape index (κ1) is 21.2. The van der Waals surface area contributed by atoms with Crippen molar-refractivity contribution in [2.24, 2.45) is 0 Å². The van der Waals surface area contributed by atoms with Crippen LogP contribution in [-0.2, 0) is 17.7 Å². The zero-order chi connectivity index (χ0) is 22.3. The highest BCUT2D eigenvalue weighted by Crippen LogP contribution is 2.34. The molecule has 4 aromatic carbocycles. The van der Waals surface area contributed by atoms with Crippen molar-refractivity contribution < 1.29 is 4.74 Å². The molecule has 0 aromatic heterocycles. The number of morpholine rings is 1. The summed E-state index contributed by atoms with van der Waals surface area (Å²) >= 11 is 0. The summed E-state index contributed by atoms with van der Waals surface area (Å²) in [5.74, 6) is 1.07. The van der Waals surface area contributed by atoms with Crippen molar-refractivity contribution in [2.45, 2.75) is 13.0 Å². The Morgan fingerprint density at radius 2 is 1.30 bits per heavy atom. The second kappa shape index (κ2) is 10.3. The highest BCUT2D eigenvalue weighted by Gasteiger charge is 2.16. The number of benzene rings is 4. The molecule has 33 heavy (non-hydrogen) atoms. The Morgan fingerprint density at radius 1 is 0.667 bits per heavy atom. The van der Waals surface area contributed by atoms with E-state index in [1.807, 2.05) is 0 Å². The number of allylic oxidation sites excluding steroid dienone is 1. The predicted molar refractivity (Wildman–Crippen MR) is 137 cm³/mol. The van der Waals surface area contributed by atoms with Gasteiger partial charge in [-0.2, -0.15) is 0 Å². The van der Waals surface area contributed by atoms with Crippen molar-refractivity contribution >= 4 is 0 Å². The summed E-state index contributed by atoms with van der Waals surface area (Å²) in [6.07, 6.45) is 3.12. The minimum absolute atomic E-state index is 0.747. The van der Waals surface area contributed by atoms with E-state index in [0.29, 0.717) is 0 Å². The van der Waals surface area contributed by atoms with Crippen molar-refractivity contribution in [1.82, 2.24) is 4.90 Å². The molecule has 0 radical (unpaired) electrons. The number of ether oxygens (including phenoxy) is 1. The smallest absolute Gasteiger partial charge is 0.106 e. The molecule has 5 rings (SSSR count). The van der Waals surface area contributed by atoms with Crippen molar-refractivity contribution in [1.29, 1.82) is 0 Å². The lowest BCUT2D eigenvalue weighted by atomic mass is 9.91. The molecule has 0 atom stereocenters. The first-order valence-corrected chi connectivity index (χ1v) is 11.7. The predicted octanol–water partition coefficient (Wildman–Crippen LogP) is 6.98. The molecule has 1 aliphatic rings. The zero-order valence-corrected chi connectivity index (χ0v) is 18.9. The van der Waals surface area contributed by atoms with E-state index in [1.54, 1.807) is 0 Å². The molecule has 2 heteroatoms. The fourth-order valence-corrected chi connectivity index (χ4v) is 4.52. The van der Waals surface area contributed by atoms with E-state index in [1.165, 1.54) is 33.4 Å². The normalized spacial score (nSPS) is 15.3. The second-order valence-corrected chi connectivity index (χ2v) is 8.49. The highest BCUT2D eigenvalue weighted by molar-refractivity contribution is 5.84. The number of nitrogens with zero attached hydrogens (tertiary/aromatic N) is 1. The van der Waals surface area contributed by atoms with E-state index in [9.17, 15) is 0 Å². The van der Waals surface area contributed by atoms with Gasteiger partial charge in [-0.1, -0.05) is 109 Å². The molecule has 0 amide bonds. The summed E-state index contributed by atoms with van der Waals surface area (Å²) in [6, 6.07) is 38.7. The van der Waals surface area contributed by atoms with E-state index < -0.39 is 0 Å². The van der Waals surface area contributed by atoms with E-state index in [4.69, 9.17) is 4.74 Å². The van der Waals surface area contributed by atoms with Crippen LogP contribution in [-0.4, -0.2) is 24.6 Å². The fraction of sp³-hybridized carbons (Fsp3) is 0.161. The third-order valence-electron chi connectivity index (χ3n) is 6.19. The molecule has 1 heterocycles. The minimum atomic E-state index is 0.747. The van der Waals surface area contributed by atoms with Gasteiger partial charge in [0.15, 0.2) is 0 Å². The van der Waals surface area contributed by atoms with E-state index >= 15 is 0 Å². The van der Waals surface area contributed by atoms with Crippen LogP contribution in [0.5, 0.6) is 0 Å². The minimum Gasteiger partial charge on any atom is -0.496 e. The molecule has 2 nitrogen and oxygen atoms in total. The molecule has 164 valence electrons. The van der Waals surface area contributed by atoms with Crippen LogP contribution in [0.1, 0.15) is 11.1 Å². The summed E-state index contributed by atoms with van der Waals surface area (Å²) in [4.78, 5) is 2.46. The van der Waals surface area contributed by atoms with Gasteiger partial charge in [0.2, 0.25) is 0 Å². The van der Waals surface area contributed by atoms with Crippen LogP contribution in [0.3, 0.4) is 0 Å². The molecule has 0 N–H and O–H groups in total. The molecule has 1 fully saturated rings. The lowest BCUT2D eigenvalue weighted by molar-refractivity contribution is 0.0889. The van der Waals surface area contributed by atoms with Crippen LogP contribution in [0.15, 0.2) is 121 Å². The van der Waals surface area contributed by atoms with Gasteiger partial charge in [0.1, 0.15) is 12.4 Å². The van der Waals surface area contributed by atoms with E-state index in [-0.39, 0.29) is 0 Å². The first-order chi connectivity index (χ1) is 16.4. The lowest BCUT2D eigenvalue weighted by Crippen LogP contribution is -2.34. The SMILES string of the molecule is C(/Cc1ccccc1-c1ccccc1-c1ccccc1)=C1\CN(Cc2ccccc2)CCO1. The van der Waals surface area contributed by atoms with Crippen molar-refractivity contribution in [3.63, 3.8) is 0 Å². The molecule has 1 aliphatic heterocycles. The van der Waals surface area contributed by atoms with Gasteiger partial charge >= 0.3 is 0 Å². The van der Waals surface area contributed by atoms with Crippen molar-refractivity contribution in [3.8, 4) is 22.3 Å². The van der Waals surface area contributed by atoms with Gasteiger partial charge in [0, 0.05) is 13.1 Å². The van der Waals surface area contributed by atoms with Crippen LogP contribution in [0.25, 0.3) is 22.3 Å². The Bertz CT molecular complexity index is 1210. The van der Waals surface area contributed by atoms with Crippen LogP contribution in [0, 0.1) is 0 Å². The molecule has 4 aromatic rings. The Hall–Kier alpha value is -3.62. The molecule has 1 saturated heterocycles. The maximum Gasteiger partial charge on any atom is 0.106 e. The van der Waals surface area contributed by atoms with Crippen molar-refractivity contribution in [3.05, 3.63) is 132 Å². The molecule has 0 bridgehead atoms. The van der Waals surface area contributed by atoms with Gasteiger partial charge in [-0.15, -0.1) is 0 Å². The Kier molecular flexibility index (Phi) is 6.65. The van der Waals surface area contributed by atoms with E-state index in [0.717, 1.165) is 38.4 Å². The molecular weight excluding hydrogens is 402 g/mol. The zero-order valence-electron chi connectivity index (χ0n) is 18.9.